The first-order valence-corrected chi connectivity index (χ1v) is 13.6. The van der Waals surface area contributed by atoms with E-state index in [0.717, 1.165) is 11.1 Å². The molecule has 7 nitrogen and oxygen atoms in total. The highest BCUT2D eigenvalue weighted by atomic mass is 19.1. The Bertz CT molecular complexity index is 1320. The number of urea groups is 1. The van der Waals surface area contributed by atoms with Gasteiger partial charge in [-0.1, -0.05) is 80.9 Å². The molecule has 4 amide bonds. The van der Waals surface area contributed by atoms with Crippen molar-refractivity contribution in [3.05, 3.63) is 101 Å². The molecule has 210 valence electrons. The fourth-order valence-electron chi connectivity index (χ4n) is 5.02. The van der Waals surface area contributed by atoms with Gasteiger partial charge < -0.3 is 10.6 Å². The molecule has 0 spiro atoms. The van der Waals surface area contributed by atoms with Gasteiger partial charge in [-0.05, 0) is 66.5 Å². The third-order valence-corrected chi connectivity index (χ3v) is 6.95. The van der Waals surface area contributed by atoms with Gasteiger partial charge in [0.2, 0.25) is 5.91 Å². The van der Waals surface area contributed by atoms with Gasteiger partial charge >= 0.3 is 6.03 Å². The van der Waals surface area contributed by atoms with E-state index in [4.69, 9.17) is 0 Å². The molecule has 3 aromatic carbocycles. The number of benzene rings is 3. The second kappa shape index (κ2) is 12.3. The van der Waals surface area contributed by atoms with Crippen molar-refractivity contribution < 1.29 is 18.8 Å². The lowest BCUT2D eigenvalue weighted by Gasteiger charge is -2.33. The molecule has 40 heavy (non-hydrogen) atoms. The minimum absolute atomic E-state index is 0.130. The maximum atomic E-state index is 14.1. The topological polar surface area (TPSA) is 90.5 Å². The minimum atomic E-state index is -0.920. The zero-order valence-electron chi connectivity index (χ0n) is 23.4. The Morgan fingerprint density at radius 2 is 1.55 bits per heavy atom. The quantitative estimate of drug-likeness (QED) is 0.343. The molecule has 3 atom stereocenters. The zero-order valence-corrected chi connectivity index (χ0v) is 23.4. The molecule has 0 aromatic heterocycles. The van der Waals surface area contributed by atoms with Gasteiger partial charge in [0.15, 0.2) is 0 Å². The van der Waals surface area contributed by atoms with Gasteiger partial charge in [-0.25, -0.2) is 14.2 Å². The van der Waals surface area contributed by atoms with E-state index in [1.54, 1.807) is 24.3 Å². The molecule has 8 heteroatoms. The van der Waals surface area contributed by atoms with Crippen molar-refractivity contribution in [1.29, 1.82) is 0 Å². The van der Waals surface area contributed by atoms with Crippen molar-refractivity contribution in [3.63, 3.8) is 0 Å². The van der Waals surface area contributed by atoms with Crippen LogP contribution in [0.15, 0.2) is 78.9 Å². The highest BCUT2D eigenvalue weighted by Gasteiger charge is 2.40. The molecule has 3 aromatic rings. The van der Waals surface area contributed by atoms with Crippen molar-refractivity contribution in [3.8, 4) is 0 Å². The summed E-state index contributed by atoms with van der Waals surface area (Å²) in [4.78, 5) is 40.3. The number of hydrazine groups is 1. The van der Waals surface area contributed by atoms with Crippen LogP contribution in [0.25, 0.3) is 0 Å². The SMILES string of the molecule is Cc1ccc(NC(=O)NC2CC(c3ccccc3)CC(c3ccc(F)cc3)N(NC(=O)CC(C)(C)C)C2=O)cc1. The van der Waals surface area contributed by atoms with E-state index >= 15 is 0 Å². The minimum Gasteiger partial charge on any atom is -0.326 e. The van der Waals surface area contributed by atoms with Crippen molar-refractivity contribution in [2.24, 2.45) is 5.41 Å². The Morgan fingerprint density at radius 3 is 2.17 bits per heavy atom. The number of hydrogen-bond acceptors (Lipinski definition) is 3. The monoisotopic (exact) mass is 544 g/mol. The average Bonchev–Trinajstić information content (AvgIpc) is 3.02. The number of nitrogens with zero attached hydrogens (tertiary/aromatic N) is 1. The lowest BCUT2D eigenvalue weighted by atomic mass is 9.86. The van der Waals surface area contributed by atoms with E-state index < -0.39 is 24.0 Å². The lowest BCUT2D eigenvalue weighted by Crippen LogP contribution is -2.55. The summed E-state index contributed by atoms with van der Waals surface area (Å²) in [5, 5.41) is 6.98. The Labute approximate surface area is 235 Å². The van der Waals surface area contributed by atoms with Gasteiger partial charge in [-0.15, -0.1) is 0 Å². The predicted octanol–water partition coefficient (Wildman–Crippen LogP) is 6.24. The maximum Gasteiger partial charge on any atom is 0.319 e. The van der Waals surface area contributed by atoms with Crippen LogP contribution in [0, 0.1) is 18.2 Å². The number of aryl methyl sites for hydroxylation is 1. The van der Waals surface area contributed by atoms with Gasteiger partial charge in [0.05, 0.1) is 6.04 Å². The van der Waals surface area contributed by atoms with Crippen LogP contribution in [0.4, 0.5) is 14.9 Å². The maximum absolute atomic E-state index is 14.1. The summed E-state index contributed by atoms with van der Waals surface area (Å²) in [6, 6.07) is 21.1. The fourth-order valence-corrected chi connectivity index (χ4v) is 5.02. The molecular formula is C32H37FN4O3. The molecule has 0 bridgehead atoms. The number of halogens is 1. The summed E-state index contributed by atoms with van der Waals surface area (Å²) in [7, 11) is 0. The van der Waals surface area contributed by atoms with Gasteiger partial charge in [-0.3, -0.25) is 15.0 Å². The molecule has 1 aliphatic rings. The molecule has 1 saturated heterocycles. The van der Waals surface area contributed by atoms with Gasteiger partial charge in [-0.2, -0.15) is 0 Å². The Kier molecular flexibility index (Phi) is 8.87. The molecule has 1 heterocycles. The Hall–Kier alpha value is -4.20. The first-order chi connectivity index (χ1) is 19.0. The van der Waals surface area contributed by atoms with E-state index in [9.17, 15) is 18.8 Å². The van der Waals surface area contributed by atoms with E-state index in [1.165, 1.54) is 17.1 Å². The van der Waals surface area contributed by atoms with Crippen LogP contribution in [-0.4, -0.2) is 28.9 Å². The van der Waals surface area contributed by atoms with Crippen molar-refractivity contribution in [2.75, 3.05) is 5.32 Å². The van der Waals surface area contributed by atoms with Crippen LogP contribution in [0.2, 0.25) is 0 Å². The third kappa shape index (κ3) is 7.68. The van der Waals surface area contributed by atoms with Gasteiger partial charge in [0.1, 0.15) is 11.9 Å². The van der Waals surface area contributed by atoms with Crippen LogP contribution < -0.4 is 16.1 Å². The van der Waals surface area contributed by atoms with Crippen LogP contribution >= 0.6 is 0 Å². The van der Waals surface area contributed by atoms with Gasteiger partial charge in [0.25, 0.3) is 5.91 Å². The number of anilines is 1. The summed E-state index contributed by atoms with van der Waals surface area (Å²) in [5.74, 6) is -1.27. The highest BCUT2D eigenvalue weighted by molar-refractivity contribution is 5.94. The summed E-state index contributed by atoms with van der Waals surface area (Å²) < 4.78 is 13.8. The second-order valence-electron chi connectivity index (χ2n) is 11.6. The van der Waals surface area contributed by atoms with Crippen LogP contribution in [0.5, 0.6) is 0 Å². The number of carbonyl (C=O) groups is 3. The third-order valence-electron chi connectivity index (χ3n) is 6.95. The lowest BCUT2D eigenvalue weighted by molar-refractivity contribution is -0.146. The number of hydrogen-bond donors (Lipinski definition) is 3. The number of amides is 4. The summed E-state index contributed by atoms with van der Waals surface area (Å²) >= 11 is 0. The molecule has 1 fully saturated rings. The van der Waals surface area contributed by atoms with Gasteiger partial charge in [0, 0.05) is 12.1 Å². The number of carbonyl (C=O) groups excluding carboxylic acids is 3. The van der Waals surface area contributed by atoms with E-state index in [1.807, 2.05) is 70.2 Å². The molecule has 4 rings (SSSR count). The molecule has 1 aliphatic heterocycles. The Morgan fingerprint density at radius 1 is 0.900 bits per heavy atom. The summed E-state index contributed by atoms with van der Waals surface area (Å²) in [5.41, 5.74) is 5.90. The standard InChI is InChI=1S/C32H37FN4O3/c1-21-10-16-26(17-11-21)34-31(40)35-27-18-24(22-8-6-5-7-9-22)19-28(23-12-14-25(33)15-13-23)37(30(27)39)36-29(38)20-32(2,3)4/h5-17,24,27-28H,18-20H2,1-4H3,(H,36,38)(H2,34,35,40). The molecule has 0 aliphatic carbocycles. The zero-order chi connectivity index (χ0) is 28.9. The first kappa shape index (κ1) is 28.8. The number of rotatable bonds is 6. The van der Waals surface area contributed by atoms with Crippen LogP contribution in [0.1, 0.15) is 68.7 Å². The average molecular weight is 545 g/mol. The van der Waals surface area contributed by atoms with E-state index in [-0.39, 0.29) is 29.5 Å². The van der Waals surface area contributed by atoms with Crippen LogP contribution in [-0.2, 0) is 9.59 Å². The van der Waals surface area contributed by atoms with E-state index in [0.29, 0.717) is 24.1 Å². The number of nitrogens with one attached hydrogen (secondary N) is 3. The molecule has 3 N–H and O–H groups in total. The van der Waals surface area contributed by atoms with Crippen molar-refractivity contribution in [2.45, 2.75) is 65.0 Å². The summed E-state index contributed by atoms with van der Waals surface area (Å²) in [6.45, 7) is 7.79. The molecular weight excluding hydrogens is 507 g/mol. The molecule has 3 unspecified atom stereocenters. The second-order valence-corrected chi connectivity index (χ2v) is 11.6. The van der Waals surface area contributed by atoms with E-state index in [2.05, 4.69) is 16.1 Å². The fraction of sp³-hybridized carbons (Fsp3) is 0.344. The normalized spacial score (nSPS) is 19.5. The summed E-state index contributed by atoms with van der Waals surface area (Å²) in [6.07, 6.45) is 0.990. The largest absolute Gasteiger partial charge is 0.326 e. The Balaban J connectivity index is 1.69. The van der Waals surface area contributed by atoms with Crippen molar-refractivity contribution in [1.82, 2.24) is 15.8 Å². The highest BCUT2D eigenvalue weighted by Crippen LogP contribution is 2.38. The molecule has 0 radical (unpaired) electrons. The van der Waals surface area contributed by atoms with Crippen molar-refractivity contribution >= 4 is 23.5 Å². The van der Waals surface area contributed by atoms with Crippen LogP contribution in [0.3, 0.4) is 0 Å². The first-order valence-electron chi connectivity index (χ1n) is 13.6. The smallest absolute Gasteiger partial charge is 0.319 e. The predicted molar refractivity (Wildman–Crippen MR) is 154 cm³/mol. The molecule has 0 saturated carbocycles.